The highest BCUT2D eigenvalue weighted by Crippen LogP contribution is 2.30. The molecule has 0 fully saturated rings. The lowest BCUT2D eigenvalue weighted by Crippen LogP contribution is -2.02. The van der Waals surface area contributed by atoms with Crippen molar-refractivity contribution in [1.82, 2.24) is 0 Å². The van der Waals surface area contributed by atoms with Gasteiger partial charge in [0.25, 0.3) is 0 Å². The fraction of sp³-hybridized carbons (Fsp3) is 0.125. The summed E-state index contributed by atoms with van der Waals surface area (Å²) in [5.74, 6) is -1.61. The Bertz CT molecular complexity index is 325. The Kier molecular flexibility index (Phi) is 2.27. The maximum absolute atomic E-state index is 11.0. The number of benzene rings is 1. The number of ether oxygens (including phenoxy) is 1. The number of hydrogen-bond acceptors (Lipinski definition) is 5. The molecule has 70 valence electrons. The summed E-state index contributed by atoms with van der Waals surface area (Å²) in [5.41, 5.74) is 5.19. The Morgan fingerprint density at radius 1 is 1.38 bits per heavy atom. The molecule has 0 unspecified atom stereocenters. The minimum Gasteiger partial charge on any atom is -0.507 e. The van der Waals surface area contributed by atoms with Crippen molar-refractivity contribution < 1.29 is 19.7 Å². The number of phenols is 2. The molecule has 1 aromatic rings. The van der Waals surface area contributed by atoms with Gasteiger partial charge in [0.15, 0.2) is 0 Å². The largest absolute Gasteiger partial charge is 0.507 e. The molecule has 13 heavy (non-hydrogen) atoms. The van der Waals surface area contributed by atoms with Gasteiger partial charge in [-0.3, -0.25) is 0 Å². The minimum atomic E-state index is -0.810. The topological polar surface area (TPSA) is 92.8 Å². The second-order valence-electron chi connectivity index (χ2n) is 2.43. The van der Waals surface area contributed by atoms with Crippen LogP contribution in [-0.4, -0.2) is 23.3 Å². The summed E-state index contributed by atoms with van der Waals surface area (Å²) in [6.45, 7) is 0. The van der Waals surface area contributed by atoms with Crippen molar-refractivity contribution in [2.45, 2.75) is 0 Å². The molecule has 0 spiro atoms. The van der Waals surface area contributed by atoms with Gasteiger partial charge in [-0.25, -0.2) is 4.79 Å². The van der Waals surface area contributed by atoms with E-state index in [-0.39, 0.29) is 11.3 Å². The van der Waals surface area contributed by atoms with E-state index < -0.39 is 17.5 Å². The van der Waals surface area contributed by atoms with Gasteiger partial charge in [0, 0.05) is 17.8 Å². The SMILES string of the molecule is COC(=O)c1c(O)cc(N)cc1O. The van der Waals surface area contributed by atoms with Crippen LogP contribution in [0.1, 0.15) is 10.4 Å². The van der Waals surface area contributed by atoms with Gasteiger partial charge in [0.1, 0.15) is 17.1 Å². The van der Waals surface area contributed by atoms with E-state index in [4.69, 9.17) is 5.73 Å². The van der Waals surface area contributed by atoms with E-state index in [2.05, 4.69) is 4.74 Å². The Labute approximate surface area is 74.4 Å². The average Bonchev–Trinajstić information content (AvgIpc) is 2.02. The number of nitrogen functional groups attached to an aromatic ring is 1. The number of aromatic hydroxyl groups is 2. The maximum Gasteiger partial charge on any atom is 0.345 e. The van der Waals surface area contributed by atoms with Gasteiger partial charge in [-0.15, -0.1) is 0 Å². The molecule has 4 N–H and O–H groups in total. The predicted molar refractivity (Wildman–Crippen MR) is 45.5 cm³/mol. The highest BCUT2D eigenvalue weighted by atomic mass is 16.5. The zero-order valence-electron chi connectivity index (χ0n) is 6.94. The quantitative estimate of drug-likeness (QED) is 0.434. The van der Waals surface area contributed by atoms with Crippen LogP contribution in [0.15, 0.2) is 12.1 Å². The first kappa shape index (κ1) is 9.18. The van der Waals surface area contributed by atoms with Gasteiger partial charge in [-0.2, -0.15) is 0 Å². The van der Waals surface area contributed by atoms with E-state index in [0.29, 0.717) is 0 Å². The lowest BCUT2D eigenvalue weighted by atomic mass is 10.1. The number of carbonyl (C=O) groups excluding carboxylic acids is 1. The molecule has 0 amide bonds. The first-order chi connectivity index (χ1) is 6.06. The summed E-state index contributed by atoms with van der Waals surface area (Å²) in [6.07, 6.45) is 0. The van der Waals surface area contributed by atoms with Crippen molar-refractivity contribution in [2.24, 2.45) is 0 Å². The van der Waals surface area contributed by atoms with E-state index >= 15 is 0 Å². The predicted octanol–water partition coefficient (Wildman–Crippen LogP) is 0.467. The molecule has 0 saturated heterocycles. The third-order valence-electron chi connectivity index (χ3n) is 1.51. The second kappa shape index (κ2) is 3.22. The monoisotopic (exact) mass is 183 g/mol. The number of hydrogen-bond donors (Lipinski definition) is 3. The van der Waals surface area contributed by atoms with Gasteiger partial charge in [-0.05, 0) is 0 Å². The molecule has 5 nitrogen and oxygen atoms in total. The number of methoxy groups -OCH3 is 1. The number of esters is 1. The Hall–Kier alpha value is -1.91. The molecule has 1 aromatic carbocycles. The third-order valence-corrected chi connectivity index (χ3v) is 1.51. The van der Waals surface area contributed by atoms with E-state index in [0.717, 1.165) is 19.2 Å². The van der Waals surface area contributed by atoms with Gasteiger partial charge >= 0.3 is 5.97 Å². The minimum absolute atomic E-state index is 0.169. The zero-order valence-corrected chi connectivity index (χ0v) is 6.94. The molecule has 0 aromatic heterocycles. The fourth-order valence-corrected chi connectivity index (χ4v) is 0.944. The fourth-order valence-electron chi connectivity index (χ4n) is 0.944. The molecule has 0 heterocycles. The highest BCUT2D eigenvalue weighted by Gasteiger charge is 2.17. The van der Waals surface area contributed by atoms with Crippen LogP contribution in [0, 0.1) is 0 Å². The molecule has 0 aliphatic heterocycles. The zero-order chi connectivity index (χ0) is 10.0. The van der Waals surface area contributed by atoms with Crippen LogP contribution in [0.5, 0.6) is 11.5 Å². The number of nitrogens with two attached hydrogens (primary N) is 1. The van der Waals surface area contributed by atoms with Gasteiger partial charge in [0.2, 0.25) is 0 Å². The van der Waals surface area contributed by atoms with Crippen LogP contribution >= 0.6 is 0 Å². The summed E-state index contributed by atoms with van der Waals surface area (Å²) in [4.78, 5) is 11.0. The highest BCUT2D eigenvalue weighted by molar-refractivity contribution is 5.96. The summed E-state index contributed by atoms with van der Waals surface area (Å²) >= 11 is 0. The van der Waals surface area contributed by atoms with Gasteiger partial charge in [0.05, 0.1) is 7.11 Å². The van der Waals surface area contributed by atoms with Crippen molar-refractivity contribution >= 4 is 11.7 Å². The van der Waals surface area contributed by atoms with Crippen LogP contribution in [0.3, 0.4) is 0 Å². The normalized spacial score (nSPS) is 9.62. The van der Waals surface area contributed by atoms with Crippen LogP contribution in [-0.2, 0) is 4.74 Å². The molecule has 5 heteroatoms. The molecule has 0 radical (unpaired) electrons. The molecule has 0 aliphatic rings. The standard InChI is InChI=1S/C8H9NO4/c1-13-8(12)7-5(10)2-4(9)3-6(7)11/h2-3,10-11H,9H2,1H3. The second-order valence-corrected chi connectivity index (χ2v) is 2.43. The smallest absolute Gasteiger partial charge is 0.345 e. The lowest BCUT2D eigenvalue weighted by molar-refractivity contribution is 0.0594. The van der Waals surface area contributed by atoms with Crippen LogP contribution in [0.25, 0.3) is 0 Å². The summed E-state index contributed by atoms with van der Waals surface area (Å²) in [6, 6.07) is 2.32. The van der Waals surface area contributed by atoms with Gasteiger partial charge < -0.3 is 20.7 Å². The Morgan fingerprint density at radius 3 is 2.23 bits per heavy atom. The van der Waals surface area contributed by atoms with Crippen molar-refractivity contribution in [3.63, 3.8) is 0 Å². The van der Waals surface area contributed by atoms with Crippen LogP contribution < -0.4 is 5.73 Å². The average molecular weight is 183 g/mol. The van der Waals surface area contributed by atoms with Crippen molar-refractivity contribution in [2.75, 3.05) is 12.8 Å². The maximum atomic E-state index is 11.0. The number of phenolic OH excluding ortho intramolecular Hbond substituents is 2. The van der Waals surface area contributed by atoms with E-state index in [9.17, 15) is 15.0 Å². The molecule has 0 bridgehead atoms. The molecule has 0 aliphatic carbocycles. The molecule has 1 rings (SSSR count). The van der Waals surface area contributed by atoms with Crippen molar-refractivity contribution in [1.29, 1.82) is 0 Å². The molecular weight excluding hydrogens is 174 g/mol. The van der Waals surface area contributed by atoms with Crippen LogP contribution in [0.4, 0.5) is 5.69 Å². The summed E-state index contributed by atoms with van der Waals surface area (Å²) in [5, 5.41) is 18.5. The first-order valence-corrected chi connectivity index (χ1v) is 3.46. The molecule has 0 saturated carbocycles. The molecule has 0 atom stereocenters. The third kappa shape index (κ3) is 1.64. The Morgan fingerprint density at radius 2 is 1.85 bits per heavy atom. The van der Waals surface area contributed by atoms with Crippen molar-refractivity contribution in [3.8, 4) is 11.5 Å². The number of carbonyl (C=O) groups is 1. The summed E-state index contributed by atoms with van der Waals surface area (Å²) < 4.78 is 4.34. The number of rotatable bonds is 1. The first-order valence-electron chi connectivity index (χ1n) is 3.46. The van der Waals surface area contributed by atoms with E-state index in [1.54, 1.807) is 0 Å². The molecular formula is C8H9NO4. The lowest BCUT2D eigenvalue weighted by Gasteiger charge is -2.05. The van der Waals surface area contributed by atoms with E-state index in [1.807, 2.05) is 0 Å². The Balaban J connectivity index is 3.28. The van der Waals surface area contributed by atoms with E-state index in [1.165, 1.54) is 0 Å². The van der Waals surface area contributed by atoms with Gasteiger partial charge in [-0.1, -0.05) is 0 Å². The summed E-state index contributed by atoms with van der Waals surface area (Å²) in [7, 11) is 1.15. The number of anilines is 1. The van der Waals surface area contributed by atoms with Crippen LogP contribution in [0.2, 0.25) is 0 Å². The van der Waals surface area contributed by atoms with Crippen molar-refractivity contribution in [3.05, 3.63) is 17.7 Å².